The van der Waals surface area contributed by atoms with Crippen LogP contribution in [0.15, 0.2) is 42.6 Å². The third kappa shape index (κ3) is 7.60. The number of carbonyl (C=O) groups is 1. The number of pyridine rings is 1. The van der Waals surface area contributed by atoms with Crippen LogP contribution in [0, 0.1) is 11.8 Å². The zero-order chi connectivity index (χ0) is 22.3. The predicted octanol–water partition coefficient (Wildman–Crippen LogP) is 3.58. The van der Waals surface area contributed by atoms with Crippen molar-refractivity contribution in [1.29, 1.82) is 0 Å². The highest BCUT2D eigenvalue weighted by molar-refractivity contribution is 7.15. The van der Waals surface area contributed by atoms with E-state index in [4.69, 9.17) is 5.73 Å². The Kier molecular flexibility index (Phi) is 7.04. The fourth-order valence-corrected chi connectivity index (χ4v) is 3.08. The van der Waals surface area contributed by atoms with Crippen LogP contribution < -0.4 is 15.8 Å². The second-order valence-corrected chi connectivity index (χ2v) is 7.28. The maximum Gasteiger partial charge on any atom is 0.573 e. The number of nitrogens with zero attached hydrogens (tertiary/aromatic N) is 3. The largest absolute Gasteiger partial charge is 0.573 e. The zero-order valence-corrected chi connectivity index (χ0v) is 16.8. The molecular formula is C20H16F3N5O2S. The molecule has 0 spiro atoms. The highest BCUT2D eigenvalue weighted by Gasteiger charge is 2.31. The number of nitrogens with two attached hydrogens (primary N) is 1. The number of aromatic nitrogens is 3. The summed E-state index contributed by atoms with van der Waals surface area (Å²) in [5.41, 5.74) is 6.88. The number of amides is 1. The van der Waals surface area contributed by atoms with Crippen LogP contribution in [0.25, 0.3) is 0 Å². The summed E-state index contributed by atoms with van der Waals surface area (Å²) in [5, 5.41) is 11.5. The molecule has 1 aromatic carbocycles. The predicted molar refractivity (Wildman–Crippen MR) is 109 cm³/mol. The maximum absolute atomic E-state index is 12.3. The lowest BCUT2D eigenvalue weighted by Crippen LogP contribution is -2.18. The Hall–Kier alpha value is -3.65. The number of alkyl halides is 3. The number of ether oxygens (including phenoxy) is 1. The van der Waals surface area contributed by atoms with Gasteiger partial charge in [0.1, 0.15) is 16.5 Å². The molecular weight excluding hydrogens is 431 g/mol. The molecule has 0 unspecified atom stereocenters. The summed E-state index contributed by atoms with van der Waals surface area (Å²) in [7, 11) is 0. The Morgan fingerprint density at radius 3 is 2.74 bits per heavy atom. The van der Waals surface area contributed by atoms with Crippen LogP contribution in [0.4, 0.5) is 24.0 Å². The van der Waals surface area contributed by atoms with Crippen LogP contribution in [0.2, 0.25) is 0 Å². The molecule has 7 nitrogen and oxygen atoms in total. The van der Waals surface area contributed by atoms with Gasteiger partial charge in [0.2, 0.25) is 11.0 Å². The third-order valence-electron chi connectivity index (χ3n) is 3.71. The topological polar surface area (TPSA) is 103 Å². The molecule has 0 fully saturated rings. The van der Waals surface area contributed by atoms with E-state index in [1.807, 2.05) is 0 Å². The van der Waals surface area contributed by atoms with Gasteiger partial charge in [-0.3, -0.25) is 4.79 Å². The van der Waals surface area contributed by atoms with Crippen LogP contribution in [-0.2, 0) is 17.6 Å². The highest BCUT2D eigenvalue weighted by atomic mass is 32.1. The average molecular weight is 447 g/mol. The van der Waals surface area contributed by atoms with Crippen molar-refractivity contribution in [1.82, 2.24) is 15.2 Å². The number of carbonyl (C=O) groups excluding carboxylic acids is 1. The molecule has 1 amide bonds. The van der Waals surface area contributed by atoms with E-state index in [2.05, 4.69) is 37.1 Å². The Morgan fingerprint density at radius 2 is 2.06 bits per heavy atom. The van der Waals surface area contributed by atoms with Gasteiger partial charge in [0.25, 0.3) is 0 Å². The molecule has 0 radical (unpaired) electrons. The quantitative estimate of drug-likeness (QED) is 0.560. The van der Waals surface area contributed by atoms with Crippen molar-refractivity contribution in [2.24, 2.45) is 0 Å². The molecule has 2 aromatic heterocycles. The van der Waals surface area contributed by atoms with E-state index in [1.54, 1.807) is 12.1 Å². The van der Waals surface area contributed by atoms with Crippen molar-refractivity contribution < 1.29 is 22.7 Å². The second kappa shape index (κ2) is 9.90. The minimum absolute atomic E-state index is 0.118. The van der Waals surface area contributed by atoms with Crippen molar-refractivity contribution in [3.05, 3.63) is 58.9 Å². The molecule has 0 aliphatic rings. The summed E-state index contributed by atoms with van der Waals surface area (Å²) in [5.74, 6) is 5.11. The van der Waals surface area contributed by atoms with Gasteiger partial charge < -0.3 is 15.8 Å². The number of aryl methyl sites for hydroxylation is 1. The SMILES string of the molecule is Nc1nnc(CCC#Cc2ccc(NC(=O)Cc3cccc(OC(F)(F)F)c3)cn2)s1. The van der Waals surface area contributed by atoms with Crippen molar-refractivity contribution in [2.75, 3.05) is 11.1 Å². The lowest BCUT2D eigenvalue weighted by atomic mass is 10.1. The van der Waals surface area contributed by atoms with E-state index in [0.29, 0.717) is 34.9 Å². The Morgan fingerprint density at radius 1 is 1.23 bits per heavy atom. The van der Waals surface area contributed by atoms with Crippen molar-refractivity contribution in [3.63, 3.8) is 0 Å². The highest BCUT2D eigenvalue weighted by Crippen LogP contribution is 2.23. The molecule has 2 heterocycles. The van der Waals surface area contributed by atoms with Crippen LogP contribution in [0.5, 0.6) is 5.75 Å². The number of benzene rings is 1. The van der Waals surface area contributed by atoms with E-state index in [9.17, 15) is 18.0 Å². The molecule has 0 atom stereocenters. The summed E-state index contributed by atoms with van der Waals surface area (Å²) < 4.78 is 40.8. The molecule has 0 aliphatic carbocycles. The van der Waals surface area contributed by atoms with E-state index in [1.165, 1.54) is 41.8 Å². The first-order valence-electron chi connectivity index (χ1n) is 8.94. The summed E-state index contributed by atoms with van der Waals surface area (Å²) in [6.07, 6.45) is -2.23. The van der Waals surface area contributed by atoms with Crippen molar-refractivity contribution >= 4 is 28.1 Å². The van der Waals surface area contributed by atoms with Crippen LogP contribution in [0.3, 0.4) is 0 Å². The molecule has 11 heteroatoms. The van der Waals surface area contributed by atoms with Gasteiger partial charge >= 0.3 is 6.36 Å². The number of nitrogen functional groups attached to an aromatic ring is 1. The van der Waals surface area contributed by atoms with Crippen LogP contribution in [-0.4, -0.2) is 27.5 Å². The van der Waals surface area contributed by atoms with E-state index >= 15 is 0 Å². The normalized spacial score (nSPS) is 10.8. The average Bonchev–Trinajstić information content (AvgIpc) is 3.10. The first-order valence-corrected chi connectivity index (χ1v) is 9.76. The smallest absolute Gasteiger partial charge is 0.406 e. The molecule has 160 valence electrons. The number of anilines is 2. The zero-order valence-electron chi connectivity index (χ0n) is 15.9. The molecule has 0 bridgehead atoms. The molecule has 3 N–H and O–H groups in total. The fraction of sp³-hybridized carbons (Fsp3) is 0.200. The molecule has 0 saturated carbocycles. The molecule has 0 saturated heterocycles. The third-order valence-corrected chi connectivity index (χ3v) is 4.52. The lowest BCUT2D eigenvalue weighted by Gasteiger charge is -2.10. The summed E-state index contributed by atoms with van der Waals surface area (Å²) in [6, 6.07) is 8.56. The number of hydrogen-bond donors (Lipinski definition) is 2. The molecule has 3 rings (SSSR count). The maximum atomic E-state index is 12.3. The van der Waals surface area contributed by atoms with Crippen LogP contribution >= 0.6 is 11.3 Å². The van der Waals surface area contributed by atoms with Crippen molar-refractivity contribution in [3.8, 4) is 17.6 Å². The summed E-state index contributed by atoms with van der Waals surface area (Å²) in [4.78, 5) is 16.3. The van der Waals surface area contributed by atoms with Crippen molar-refractivity contribution in [2.45, 2.75) is 25.6 Å². The van der Waals surface area contributed by atoms with E-state index in [-0.39, 0.29) is 12.2 Å². The van der Waals surface area contributed by atoms with Gasteiger partial charge in [0.05, 0.1) is 18.3 Å². The van der Waals surface area contributed by atoms with E-state index in [0.717, 1.165) is 5.01 Å². The van der Waals surface area contributed by atoms with Gasteiger partial charge in [0, 0.05) is 12.8 Å². The van der Waals surface area contributed by atoms with Gasteiger partial charge in [-0.15, -0.1) is 23.4 Å². The Balaban J connectivity index is 1.50. The second-order valence-electron chi connectivity index (χ2n) is 6.19. The van der Waals surface area contributed by atoms with E-state index < -0.39 is 12.3 Å². The summed E-state index contributed by atoms with van der Waals surface area (Å²) >= 11 is 1.32. The number of halogens is 3. The first kappa shape index (κ1) is 22.0. The Labute approximate surface area is 179 Å². The fourth-order valence-electron chi connectivity index (χ4n) is 2.47. The minimum atomic E-state index is -4.79. The number of rotatable bonds is 6. The monoisotopic (exact) mass is 447 g/mol. The molecule has 3 aromatic rings. The minimum Gasteiger partial charge on any atom is -0.406 e. The van der Waals surface area contributed by atoms with Crippen LogP contribution in [0.1, 0.15) is 22.7 Å². The number of nitrogens with one attached hydrogen (secondary N) is 1. The molecule has 0 aliphatic heterocycles. The standard InChI is InChI=1S/C20H16F3N5O2S/c21-20(22,23)30-16-6-3-4-13(10-16)11-17(29)26-15-9-8-14(25-12-15)5-1-2-7-18-27-28-19(24)31-18/h3-4,6,8-10,12H,2,7,11H2,(H2,24,28)(H,26,29). The molecule has 31 heavy (non-hydrogen) atoms. The number of hydrogen-bond acceptors (Lipinski definition) is 7. The first-order chi connectivity index (χ1) is 14.8. The van der Waals surface area contributed by atoms with Gasteiger partial charge in [-0.2, -0.15) is 0 Å². The van der Waals surface area contributed by atoms with Gasteiger partial charge in [-0.05, 0) is 35.7 Å². The lowest BCUT2D eigenvalue weighted by molar-refractivity contribution is -0.274. The Bertz CT molecular complexity index is 1100. The van der Waals surface area contributed by atoms with Gasteiger partial charge in [-0.25, -0.2) is 4.98 Å². The summed E-state index contributed by atoms with van der Waals surface area (Å²) in [6.45, 7) is 0. The van der Waals surface area contributed by atoms with Gasteiger partial charge in [0.15, 0.2) is 0 Å². The van der Waals surface area contributed by atoms with Gasteiger partial charge in [-0.1, -0.05) is 29.4 Å².